The molecule has 1 heterocycles. The second-order valence-corrected chi connectivity index (χ2v) is 5.98. The molecule has 0 aromatic heterocycles. The molecule has 0 aromatic rings. The molecule has 1 saturated heterocycles. The summed E-state index contributed by atoms with van der Waals surface area (Å²) >= 11 is 0. The van der Waals surface area contributed by atoms with Crippen molar-refractivity contribution in [1.82, 2.24) is 10.2 Å². The van der Waals surface area contributed by atoms with E-state index >= 15 is 0 Å². The Labute approximate surface area is 124 Å². The molecule has 0 radical (unpaired) electrons. The highest BCUT2D eigenvalue weighted by Gasteiger charge is 2.34. The molecular formula is C15H24N2O4. The number of hydrogen-bond donors (Lipinski definition) is 2. The van der Waals surface area contributed by atoms with Crippen LogP contribution in [0.15, 0.2) is 0 Å². The highest BCUT2D eigenvalue weighted by molar-refractivity contribution is 5.89. The smallest absolute Gasteiger partial charge is 0.303 e. The predicted molar refractivity (Wildman–Crippen MR) is 76.6 cm³/mol. The van der Waals surface area contributed by atoms with Crippen LogP contribution < -0.4 is 5.32 Å². The van der Waals surface area contributed by atoms with Gasteiger partial charge < -0.3 is 15.3 Å². The number of carbonyl (C=O) groups is 3. The van der Waals surface area contributed by atoms with Gasteiger partial charge in [0.1, 0.15) is 6.04 Å². The Bertz CT molecular complexity index is 404. The van der Waals surface area contributed by atoms with Gasteiger partial charge in [-0.05, 0) is 25.7 Å². The maximum atomic E-state index is 12.5. The molecule has 118 valence electrons. The Hall–Kier alpha value is -1.59. The molecule has 1 aliphatic carbocycles. The van der Waals surface area contributed by atoms with Crippen molar-refractivity contribution < 1.29 is 19.5 Å². The quantitative estimate of drug-likeness (QED) is 0.800. The van der Waals surface area contributed by atoms with E-state index in [0.717, 1.165) is 25.8 Å². The predicted octanol–water partition coefficient (Wildman–Crippen LogP) is 1.29. The molecule has 0 aromatic carbocycles. The molecule has 6 heteroatoms. The summed E-state index contributed by atoms with van der Waals surface area (Å²) in [5.74, 6) is -1.33. The molecule has 21 heavy (non-hydrogen) atoms. The van der Waals surface area contributed by atoms with Crippen LogP contribution in [0.25, 0.3) is 0 Å². The molecule has 1 aliphatic heterocycles. The third-order valence-electron chi connectivity index (χ3n) is 4.39. The van der Waals surface area contributed by atoms with Crippen molar-refractivity contribution in [2.24, 2.45) is 0 Å². The van der Waals surface area contributed by atoms with E-state index in [0.29, 0.717) is 12.5 Å². The van der Waals surface area contributed by atoms with E-state index in [1.165, 1.54) is 19.3 Å². The fourth-order valence-corrected chi connectivity index (χ4v) is 3.28. The number of hydrogen-bond acceptors (Lipinski definition) is 3. The fourth-order valence-electron chi connectivity index (χ4n) is 3.28. The number of carboxylic acid groups (broad SMARTS) is 1. The SMILES string of the molecule is O=C(O)CCC(=O)NC1CCCN(C2CCCCC2)C1=O. The minimum atomic E-state index is -0.996. The van der Waals surface area contributed by atoms with Gasteiger partial charge in [0.15, 0.2) is 0 Å². The zero-order valence-corrected chi connectivity index (χ0v) is 12.3. The lowest BCUT2D eigenvalue weighted by Crippen LogP contribution is -2.55. The van der Waals surface area contributed by atoms with Crippen molar-refractivity contribution in [3.63, 3.8) is 0 Å². The Balaban J connectivity index is 1.86. The van der Waals surface area contributed by atoms with Gasteiger partial charge in [0.2, 0.25) is 11.8 Å². The molecule has 2 aliphatic rings. The Kier molecular flexibility index (Phi) is 5.59. The van der Waals surface area contributed by atoms with Gasteiger partial charge >= 0.3 is 5.97 Å². The normalized spacial score (nSPS) is 23.9. The second kappa shape index (κ2) is 7.43. The largest absolute Gasteiger partial charge is 0.481 e. The highest BCUT2D eigenvalue weighted by Crippen LogP contribution is 2.26. The van der Waals surface area contributed by atoms with Gasteiger partial charge in [0.25, 0.3) is 0 Å². The van der Waals surface area contributed by atoms with Crippen LogP contribution in [0.3, 0.4) is 0 Å². The molecule has 0 spiro atoms. The second-order valence-electron chi connectivity index (χ2n) is 5.98. The highest BCUT2D eigenvalue weighted by atomic mass is 16.4. The zero-order chi connectivity index (χ0) is 15.2. The number of nitrogens with zero attached hydrogens (tertiary/aromatic N) is 1. The van der Waals surface area contributed by atoms with Crippen LogP contribution in [0.2, 0.25) is 0 Å². The Morgan fingerprint density at radius 2 is 1.81 bits per heavy atom. The maximum absolute atomic E-state index is 12.5. The number of piperidine rings is 1. The number of aliphatic carboxylic acids is 1. The van der Waals surface area contributed by atoms with Gasteiger partial charge in [0, 0.05) is 19.0 Å². The summed E-state index contributed by atoms with van der Waals surface area (Å²) in [6.07, 6.45) is 6.99. The molecule has 0 bridgehead atoms. The minimum Gasteiger partial charge on any atom is -0.481 e. The van der Waals surface area contributed by atoms with E-state index in [2.05, 4.69) is 5.32 Å². The number of carboxylic acids is 1. The first-order valence-electron chi connectivity index (χ1n) is 7.89. The van der Waals surface area contributed by atoms with E-state index < -0.39 is 12.0 Å². The van der Waals surface area contributed by atoms with Crippen molar-refractivity contribution in [1.29, 1.82) is 0 Å². The first-order valence-corrected chi connectivity index (χ1v) is 7.89. The van der Waals surface area contributed by atoms with Crippen molar-refractivity contribution in [2.45, 2.75) is 69.9 Å². The summed E-state index contributed by atoms with van der Waals surface area (Å²) in [5, 5.41) is 11.3. The van der Waals surface area contributed by atoms with Crippen molar-refractivity contribution in [3.8, 4) is 0 Å². The molecule has 1 unspecified atom stereocenters. The monoisotopic (exact) mass is 296 g/mol. The topological polar surface area (TPSA) is 86.7 Å². The summed E-state index contributed by atoms with van der Waals surface area (Å²) < 4.78 is 0. The van der Waals surface area contributed by atoms with E-state index in [-0.39, 0.29) is 24.7 Å². The lowest BCUT2D eigenvalue weighted by atomic mass is 9.91. The first-order chi connectivity index (χ1) is 10.1. The zero-order valence-electron chi connectivity index (χ0n) is 12.3. The first kappa shape index (κ1) is 15.8. The lowest BCUT2D eigenvalue weighted by molar-refractivity contribution is -0.142. The molecule has 6 nitrogen and oxygen atoms in total. The van der Waals surface area contributed by atoms with Gasteiger partial charge in [-0.25, -0.2) is 0 Å². The molecule has 2 fully saturated rings. The van der Waals surface area contributed by atoms with Crippen LogP contribution >= 0.6 is 0 Å². The van der Waals surface area contributed by atoms with Gasteiger partial charge in [-0.15, -0.1) is 0 Å². The summed E-state index contributed by atoms with van der Waals surface area (Å²) in [4.78, 5) is 36.6. The summed E-state index contributed by atoms with van der Waals surface area (Å²) in [7, 11) is 0. The van der Waals surface area contributed by atoms with Gasteiger partial charge in [-0.3, -0.25) is 14.4 Å². The third kappa shape index (κ3) is 4.44. The average molecular weight is 296 g/mol. The van der Waals surface area contributed by atoms with Crippen molar-refractivity contribution in [3.05, 3.63) is 0 Å². The molecule has 2 N–H and O–H groups in total. The number of likely N-dealkylation sites (tertiary alicyclic amines) is 1. The van der Waals surface area contributed by atoms with Crippen LogP contribution in [0.1, 0.15) is 57.8 Å². The Morgan fingerprint density at radius 1 is 1.10 bits per heavy atom. The van der Waals surface area contributed by atoms with E-state index in [1.807, 2.05) is 4.90 Å². The van der Waals surface area contributed by atoms with E-state index in [9.17, 15) is 14.4 Å². The standard InChI is InChI=1S/C15H24N2O4/c18-13(8-9-14(19)20)16-12-7-4-10-17(15(12)21)11-5-2-1-3-6-11/h11-12H,1-10H2,(H,16,18)(H,19,20). The van der Waals surface area contributed by atoms with Crippen LogP contribution in [-0.4, -0.2) is 46.4 Å². The lowest BCUT2D eigenvalue weighted by Gasteiger charge is -2.39. The van der Waals surface area contributed by atoms with E-state index in [4.69, 9.17) is 5.11 Å². The molecule has 2 rings (SSSR count). The van der Waals surface area contributed by atoms with Crippen molar-refractivity contribution in [2.75, 3.05) is 6.54 Å². The number of rotatable bonds is 5. The summed E-state index contributed by atoms with van der Waals surface area (Å²) in [6, 6.07) is -0.146. The van der Waals surface area contributed by atoms with Crippen LogP contribution in [-0.2, 0) is 14.4 Å². The van der Waals surface area contributed by atoms with Gasteiger partial charge in [0.05, 0.1) is 6.42 Å². The van der Waals surface area contributed by atoms with Crippen LogP contribution in [0.5, 0.6) is 0 Å². The van der Waals surface area contributed by atoms with Crippen molar-refractivity contribution >= 4 is 17.8 Å². The van der Waals surface area contributed by atoms with Crippen LogP contribution in [0, 0.1) is 0 Å². The molecule has 1 atom stereocenters. The van der Waals surface area contributed by atoms with Gasteiger partial charge in [-0.2, -0.15) is 0 Å². The molecule has 1 saturated carbocycles. The van der Waals surface area contributed by atoms with Crippen LogP contribution in [0.4, 0.5) is 0 Å². The average Bonchev–Trinajstić information content (AvgIpc) is 2.48. The Morgan fingerprint density at radius 3 is 2.48 bits per heavy atom. The van der Waals surface area contributed by atoms with Gasteiger partial charge in [-0.1, -0.05) is 19.3 Å². The van der Waals surface area contributed by atoms with E-state index in [1.54, 1.807) is 0 Å². The number of amides is 2. The maximum Gasteiger partial charge on any atom is 0.303 e. The molecule has 2 amide bonds. The fraction of sp³-hybridized carbons (Fsp3) is 0.800. The summed E-state index contributed by atoms with van der Waals surface area (Å²) in [5.41, 5.74) is 0. The minimum absolute atomic E-state index is 0.0109. The molecular weight excluding hydrogens is 272 g/mol. The summed E-state index contributed by atoms with van der Waals surface area (Å²) in [6.45, 7) is 0.783. The third-order valence-corrected chi connectivity index (χ3v) is 4.39. The number of nitrogens with one attached hydrogen (secondary N) is 1. The number of carbonyl (C=O) groups excluding carboxylic acids is 2.